The van der Waals surface area contributed by atoms with Crippen LogP contribution in [0.15, 0.2) is 40.0 Å². The number of nitrogen functional groups attached to an aromatic ring is 1. The number of carbonyl (C=O) groups is 1. The van der Waals surface area contributed by atoms with Crippen LogP contribution in [0.5, 0.6) is 0 Å². The quantitative estimate of drug-likeness (QED) is 0.396. The Hall–Kier alpha value is -4.42. The molecule has 0 spiro atoms. The van der Waals surface area contributed by atoms with E-state index < -0.39 is 5.91 Å². The van der Waals surface area contributed by atoms with Crippen molar-refractivity contribution in [3.63, 3.8) is 0 Å². The van der Waals surface area contributed by atoms with Crippen LogP contribution in [0.1, 0.15) is 10.4 Å². The molecule has 5 aromatic rings. The number of hydrogen-bond donors (Lipinski definition) is 2. The number of fused-ring (bicyclic) bond motifs is 3. The number of carbonyl (C=O) groups excluding carboxylic acids is 1. The molecule has 4 N–H and O–H groups in total. The van der Waals surface area contributed by atoms with E-state index in [1.165, 1.54) is 37.0 Å². The summed E-state index contributed by atoms with van der Waals surface area (Å²) in [5, 5.41) is 8.42. The third-order valence-corrected chi connectivity index (χ3v) is 4.79. The maximum atomic E-state index is 12.9. The summed E-state index contributed by atoms with van der Waals surface area (Å²) in [6.07, 6.45) is 4.41. The minimum atomic E-state index is -0.570. The summed E-state index contributed by atoms with van der Waals surface area (Å²) in [7, 11) is 1.62. The lowest BCUT2D eigenvalue weighted by Crippen LogP contribution is -2.24. The second-order valence-electron chi connectivity index (χ2n) is 6.64. The number of imidazole rings is 1. The fraction of sp³-hybridized carbons (Fsp3) is 0.176. The molecule has 5 rings (SSSR count). The number of amides is 1. The number of primary amides is 1. The summed E-state index contributed by atoms with van der Waals surface area (Å²) in [4.78, 5) is 33.0. The number of rotatable bonds is 5. The topological polar surface area (TPSA) is 170 Å². The Labute approximate surface area is 167 Å². The predicted octanol–water partition coefficient (Wildman–Crippen LogP) is -0.384. The van der Waals surface area contributed by atoms with Gasteiger partial charge in [0.05, 0.1) is 24.6 Å². The van der Waals surface area contributed by atoms with Gasteiger partial charge in [-0.3, -0.25) is 18.6 Å². The summed E-state index contributed by atoms with van der Waals surface area (Å²) < 4.78 is 11.2. The van der Waals surface area contributed by atoms with E-state index in [1.54, 1.807) is 19.2 Å². The van der Waals surface area contributed by atoms with Crippen molar-refractivity contribution in [2.24, 2.45) is 12.8 Å². The van der Waals surface area contributed by atoms with Crippen LogP contribution in [-0.4, -0.2) is 44.4 Å². The molecule has 30 heavy (non-hydrogen) atoms. The summed E-state index contributed by atoms with van der Waals surface area (Å²) in [5.74, 6) is 0.313. The Morgan fingerprint density at radius 2 is 2.07 bits per heavy atom. The molecule has 0 aliphatic rings. The molecule has 13 nitrogen and oxygen atoms in total. The first-order valence-electron chi connectivity index (χ1n) is 8.91. The molecular weight excluding hydrogens is 392 g/mol. The largest absolute Gasteiger partial charge is 0.461 e. The first-order chi connectivity index (χ1) is 14.4. The molecule has 0 saturated carbocycles. The molecule has 0 unspecified atom stereocenters. The Morgan fingerprint density at radius 1 is 1.23 bits per heavy atom. The van der Waals surface area contributed by atoms with Gasteiger partial charge >= 0.3 is 5.69 Å². The van der Waals surface area contributed by atoms with Crippen LogP contribution < -0.4 is 17.2 Å². The van der Waals surface area contributed by atoms with Crippen LogP contribution >= 0.6 is 0 Å². The monoisotopic (exact) mass is 408 g/mol. The highest BCUT2D eigenvalue weighted by Gasteiger charge is 2.21. The van der Waals surface area contributed by atoms with E-state index in [0.29, 0.717) is 40.5 Å². The smallest absolute Gasteiger partial charge is 0.330 e. The number of aryl methyl sites for hydroxylation is 3. The minimum absolute atomic E-state index is 0.0808. The first kappa shape index (κ1) is 17.7. The molecule has 0 aliphatic carbocycles. The molecule has 152 valence electrons. The average Bonchev–Trinajstić information content (AvgIpc) is 3.48. The van der Waals surface area contributed by atoms with Gasteiger partial charge in [-0.05, 0) is 12.1 Å². The molecule has 5 aromatic heterocycles. The molecule has 0 fully saturated rings. The summed E-state index contributed by atoms with van der Waals surface area (Å²) in [5.41, 5.74) is 12.6. The summed E-state index contributed by atoms with van der Waals surface area (Å²) >= 11 is 0. The maximum absolute atomic E-state index is 12.9. The van der Waals surface area contributed by atoms with Gasteiger partial charge in [0.15, 0.2) is 17.1 Å². The van der Waals surface area contributed by atoms with Crippen LogP contribution in [0.25, 0.3) is 28.4 Å². The number of nitrogens with zero attached hydrogens (tertiary/aromatic N) is 8. The second kappa shape index (κ2) is 6.30. The molecule has 0 aromatic carbocycles. The summed E-state index contributed by atoms with van der Waals surface area (Å²) in [6, 6.07) is 3.45. The number of nitrogens with two attached hydrogens (primary N) is 2. The minimum Gasteiger partial charge on any atom is -0.461 e. The fourth-order valence-corrected chi connectivity index (χ4v) is 3.32. The fourth-order valence-electron chi connectivity index (χ4n) is 3.32. The van der Waals surface area contributed by atoms with Crippen molar-refractivity contribution in [2.75, 3.05) is 5.73 Å². The molecule has 5 heterocycles. The van der Waals surface area contributed by atoms with Crippen molar-refractivity contribution < 1.29 is 9.21 Å². The van der Waals surface area contributed by atoms with Gasteiger partial charge in [0, 0.05) is 19.8 Å². The standard InChI is InChI=1S/C17H16N10O3/c1-24-11-14(26(17(24)29)5-4-25-8-9(7-20-25)12(18)28)22-16(19)27-15(11)21-13(23-27)10-3-2-6-30-10/h2-3,6-8H,4-5H2,1H3,(H2,18,28)(H2,19,22). The van der Waals surface area contributed by atoms with E-state index in [0.717, 1.165) is 0 Å². The third kappa shape index (κ3) is 2.56. The average molecular weight is 408 g/mol. The lowest BCUT2D eigenvalue weighted by molar-refractivity contribution is 0.1000. The van der Waals surface area contributed by atoms with E-state index in [1.807, 2.05) is 0 Å². The van der Waals surface area contributed by atoms with Gasteiger partial charge in [-0.1, -0.05) is 0 Å². The zero-order valence-corrected chi connectivity index (χ0v) is 15.8. The molecule has 0 bridgehead atoms. The van der Waals surface area contributed by atoms with E-state index in [-0.39, 0.29) is 18.2 Å². The highest BCUT2D eigenvalue weighted by molar-refractivity contribution is 5.92. The van der Waals surface area contributed by atoms with Crippen LogP contribution in [-0.2, 0) is 20.1 Å². The van der Waals surface area contributed by atoms with Crippen molar-refractivity contribution in [2.45, 2.75) is 13.1 Å². The van der Waals surface area contributed by atoms with Crippen LogP contribution in [0.2, 0.25) is 0 Å². The van der Waals surface area contributed by atoms with Crippen LogP contribution in [0.3, 0.4) is 0 Å². The van der Waals surface area contributed by atoms with Gasteiger partial charge in [0.2, 0.25) is 11.8 Å². The van der Waals surface area contributed by atoms with Gasteiger partial charge in [-0.25, -0.2) is 9.78 Å². The molecule has 0 saturated heterocycles. The number of aromatic nitrogens is 8. The Kier molecular flexibility index (Phi) is 3.71. The molecule has 1 amide bonds. The SMILES string of the molecule is Cn1c(=O)n(CCn2cc(C(N)=O)cn2)c2nc(N)n3nc(-c4ccco4)nc3c21. The third-order valence-electron chi connectivity index (χ3n) is 4.79. The van der Waals surface area contributed by atoms with Gasteiger partial charge in [0.25, 0.3) is 5.91 Å². The van der Waals surface area contributed by atoms with E-state index >= 15 is 0 Å². The molecular formula is C17H16N10O3. The van der Waals surface area contributed by atoms with Crippen molar-refractivity contribution >= 4 is 28.7 Å². The Morgan fingerprint density at radius 3 is 2.77 bits per heavy atom. The zero-order chi connectivity index (χ0) is 21.0. The predicted molar refractivity (Wildman–Crippen MR) is 104 cm³/mol. The first-order valence-corrected chi connectivity index (χ1v) is 8.91. The number of furan rings is 1. The molecule has 13 heteroatoms. The van der Waals surface area contributed by atoms with Crippen LogP contribution in [0.4, 0.5) is 5.95 Å². The van der Waals surface area contributed by atoms with Crippen molar-refractivity contribution in [1.29, 1.82) is 0 Å². The second-order valence-corrected chi connectivity index (χ2v) is 6.64. The highest BCUT2D eigenvalue weighted by atomic mass is 16.3. The zero-order valence-electron chi connectivity index (χ0n) is 15.8. The summed E-state index contributed by atoms with van der Waals surface area (Å²) in [6.45, 7) is 0.571. The van der Waals surface area contributed by atoms with E-state index in [4.69, 9.17) is 15.9 Å². The van der Waals surface area contributed by atoms with Gasteiger partial charge in [-0.15, -0.1) is 5.10 Å². The number of anilines is 1. The van der Waals surface area contributed by atoms with Crippen molar-refractivity contribution in [3.8, 4) is 11.6 Å². The number of hydrogen-bond acceptors (Lipinski definition) is 8. The van der Waals surface area contributed by atoms with Crippen molar-refractivity contribution in [3.05, 3.63) is 46.8 Å². The lowest BCUT2D eigenvalue weighted by Gasteiger charge is -2.04. The van der Waals surface area contributed by atoms with Gasteiger partial charge in [-0.2, -0.15) is 14.6 Å². The molecule has 0 atom stereocenters. The normalized spacial score (nSPS) is 11.6. The highest BCUT2D eigenvalue weighted by Crippen LogP contribution is 2.23. The van der Waals surface area contributed by atoms with Crippen LogP contribution in [0, 0.1) is 0 Å². The van der Waals surface area contributed by atoms with Gasteiger partial charge in [0.1, 0.15) is 5.52 Å². The Bertz CT molecular complexity index is 1470. The van der Waals surface area contributed by atoms with E-state index in [2.05, 4.69) is 20.2 Å². The van der Waals surface area contributed by atoms with E-state index in [9.17, 15) is 9.59 Å². The van der Waals surface area contributed by atoms with Gasteiger partial charge < -0.3 is 15.9 Å². The Balaban J connectivity index is 1.61. The maximum Gasteiger partial charge on any atom is 0.330 e. The lowest BCUT2D eigenvalue weighted by atomic mass is 10.3. The van der Waals surface area contributed by atoms with Crippen molar-refractivity contribution in [1.82, 2.24) is 38.5 Å². The molecule has 0 radical (unpaired) electrons. The molecule has 0 aliphatic heterocycles.